The van der Waals surface area contributed by atoms with Crippen molar-refractivity contribution in [1.82, 2.24) is 10.2 Å². The second-order valence-electron chi connectivity index (χ2n) is 10.2. The molecule has 3 rings (SSSR count). The first-order valence-electron chi connectivity index (χ1n) is 13.6. The number of benzene rings is 3. The Kier molecular flexibility index (Phi) is 11.2. The Morgan fingerprint density at radius 2 is 1.44 bits per heavy atom. The van der Waals surface area contributed by atoms with Gasteiger partial charge >= 0.3 is 0 Å². The van der Waals surface area contributed by atoms with E-state index in [4.69, 9.17) is 23.2 Å². The fourth-order valence-corrected chi connectivity index (χ4v) is 5.96. The molecule has 0 aromatic heterocycles. The molecule has 0 aliphatic rings. The summed E-state index contributed by atoms with van der Waals surface area (Å²) in [5, 5.41) is 3.38. The van der Waals surface area contributed by atoms with Crippen LogP contribution in [0.3, 0.4) is 0 Å². The molecule has 0 heterocycles. The Balaban J connectivity index is 2.08. The number of halogens is 2. The first kappa shape index (κ1) is 32.4. The van der Waals surface area contributed by atoms with E-state index in [-0.39, 0.29) is 39.1 Å². The van der Waals surface area contributed by atoms with Crippen molar-refractivity contribution in [2.24, 2.45) is 0 Å². The lowest BCUT2D eigenvalue weighted by Gasteiger charge is -2.33. The first-order valence-corrected chi connectivity index (χ1v) is 15.8. The van der Waals surface area contributed by atoms with E-state index in [1.807, 2.05) is 58.9 Å². The van der Waals surface area contributed by atoms with Crippen LogP contribution in [0.4, 0.5) is 5.69 Å². The zero-order valence-corrected chi connectivity index (χ0v) is 26.4. The van der Waals surface area contributed by atoms with Gasteiger partial charge in [-0.05, 0) is 69.5 Å². The molecule has 1 N–H and O–H groups in total. The highest BCUT2D eigenvalue weighted by atomic mass is 35.5. The molecule has 3 aromatic carbocycles. The molecular formula is C31H37Cl2N3O4S. The number of hydrogen-bond acceptors (Lipinski definition) is 4. The van der Waals surface area contributed by atoms with Crippen molar-refractivity contribution >= 4 is 50.7 Å². The predicted octanol–water partition coefficient (Wildman–Crippen LogP) is 6.53. The van der Waals surface area contributed by atoms with Gasteiger partial charge in [0.25, 0.3) is 10.0 Å². The Labute approximate surface area is 253 Å². The van der Waals surface area contributed by atoms with Crippen LogP contribution in [0.25, 0.3) is 0 Å². The predicted molar refractivity (Wildman–Crippen MR) is 166 cm³/mol. The van der Waals surface area contributed by atoms with E-state index in [1.165, 1.54) is 35.2 Å². The van der Waals surface area contributed by atoms with Gasteiger partial charge in [0, 0.05) is 12.6 Å². The van der Waals surface area contributed by atoms with E-state index >= 15 is 0 Å². The highest BCUT2D eigenvalue weighted by Crippen LogP contribution is 2.31. The molecule has 2 atom stereocenters. The number of carbonyl (C=O) groups is 2. The SMILES string of the molecule is CC[C@H](C)NC(=O)[C@H](CC)N(Cc1ccc(C)cc1)C(=O)CN(c1ccc(Cl)c(Cl)c1)S(=O)(=O)c1ccc(C)cc1. The number of carbonyl (C=O) groups excluding carboxylic acids is 2. The maximum Gasteiger partial charge on any atom is 0.264 e. The Morgan fingerprint density at radius 3 is 1.98 bits per heavy atom. The van der Waals surface area contributed by atoms with Gasteiger partial charge in [-0.2, -0.15) is 0 Å². The highest BCUT2D eigenvalue weighted by Gasteiger charge is 2.34. The number of amides is 2. The molecule has 0 unspecified atom stereocenters. The molecule has 7 nitrogen and oxygen atoms in total. The van der Waals surface area contributed by atoms with Crippen LogP contribution < -0.4 is 9.62 Å². The minimum Gasteiger partial charge on any atom is -0.352 e. The largest absolute Gasteiger partial charge is 0.352 e. The van der Waals surface area contributed by atoms with Crippen LogP contribution in [0.2, 0.25) is 10.0 Å². The molecule has 0 radical (unpaired) electrons. The number of hydrogen-bond donors (Lipinski definition) is 1. The summed E-state index contributed by atoms with van der Waals surface area (Å²) in [6.07, 6.45) is 1.07. The molecule has 10 heteroatoms. The standard InChI is InChI=1S/C31H37Cl2N3O4S/c1-6-23(5)34-31(38)29(7-2)35(19-24-12-8-21(3)9-13-24)30(37)20-36(25-14-17-27(32)28(33)18-25)41(39,40)26-15-10-22(4)11-16-26/h8-18,23,29H,6-7,19-20H2,1-5H3,(H,34,38)/t23-,29-/m0/s1. The summed E-state index contributed by atoms with van der Waals surface area (Å²) < 4.78 is 28.9. The lowest BCUT2D eigenvalue weighted by Crippen LogP contribution is -2.53. The van der Waals surface area contributed by atoms with E-state index in [1.54, 1.807) is 12.1 Å². The second kappa shape index (κ2) is 14.2. The maximum atomic E-state index is 14.1. The summed E-state index contributed by atoms with van der Waals surface area (Å²) in [7, 11) is -4.20. The van der Waals surface area contributed by atoms with Gasteiger partial charge < -0.3 is 10.2 Å². The molecule has 0 bridgehead atoms. The summed E-state index contributed by atoms with van der Waals surface area (Å²) in [6.45, 7) is 9.10. The Hall–Kier alpha value is -3.07. The fourth-order valence-electron chi connectivity index (χ4n) is 4.26. The number of aryl methyl sites for hydroxylation is 2. The van der Waals surface area contributed by atoms with Gasteiger partial charge in [-0.3, -0.25) is 13.9 Å². The summed E-state index contributed by atoms with van der Waals surface area (Å²) in [4.78, 5) is 29.0. The lowest BCUT2D eigenvalue weighted by molar-refractivity contribution is -0.140. The first-order chi connectivity index (χ1) is 19.4. The van der Waals surface area contributed by atoms with Gasteiger partial charge in [0.05, 0.1) is 20.6 Å². The van der Waals surface area contributed by atoms with Gasteiger partial charge in [-0.1, -0.05) is 84.6 Å². The number of nitrogens with zero attached hydrogens (tertiary/aromatic N) is 2. The van der Waals surface area contributed by atoms with Crippen molar-refractivity contribution < 1.29 is 18.0 Å². The van der Waals surface area contributed by atoms with Crippen LogP contribution >= 0.6 is 23.2 Å². The van der Waals surface area contributed by atoms with Crippen LogP contribution in [0.15, 0.2) is 71.6 Å². The van der Waals surface area contributed by atoms with Crippen molar-refractivity contribution in [2.75, 3.05) is 10.8 Å². The quantitative estimate of drug-likeness (QED) is 0.250. The van der Waals surface area contributed by atoms with Crippen LogP contribution in [0.5, 0.6) is 0 Å². The van der Waals surface area contributed by atoms with E-state index in [0.717, 1.165) is 27.4 Å². The highest BCUT2D eigenvalue weighted by molar-refractivity contribution is 7.92. The van der Waals surface area contributed by atoms with Crippen molar-refractivity contribution in [3.05, 3.63) is 93.5 Å². The van der Waals surface area contributed by atoms with Gasteiger partial charge in [-0.25, -0.2) is 8.42 Å². The second-order valence-corrected chi connectivity index (χ2v) is 12.8. The average molecular weight is 619 g/mol. The van der Waals surface area contributed by atoms with Gasteiger partial charge in [0.2, 0.25) is 11.8 Å². The van der Waals surface area contributed by atoms with Crippen LogP contribution in [0.1, 0.15) is 50.3 Å². The number of sulfonamides is 1. The monoisotopic (exact) mass is 617 g/mol. The third-order valence-corrected chi connectivity index (χ3v) is 9.47. The molecular weight excluding hydrogens is 581 g/mol. The van der Waals surface area contributed by atoms with E-state index in [9.17, 15) is 18.0 Å². The van der Waals surface area contributed by atoms with Gasteiger partial charge in [0.1, 0.15) is 12.6 Å². The molecule has 2 amide bonds. The van der Waals surface area contributed by atoms with Crippen LogP contribution in [0, 0.1) is 13.8 Å². The summed E-state index contributed by atoms with van der Waals surface area (Å²) in [5.74, 6) is -0.816. The lowest BCUT2D eigenvalue weighted by atomic mass is 10.1. The van der Waals surface area contributed by atoms with Crippen molar-refractivity contribution in [1.29, 1.82) is 0 Å². The minimum atomic E-state index is -4.20. The van der Waals surface area contributed by atoms with Crippen LogP contribution in [-0.2, 0) is 26.2 Å². The van der Waals surface area contributed by atoms with E-state index in [2.05, 4.69) is 5.32 Å². The maximum absolute atomic E-state index is 14.1. The molecule has 0 saturated carbocycles. The van der Waals surface area contributed by atoms with Crippen LogP contribution in [-0.4, -0.2) is 43.8 Å². The molecule has 0 aliphatic carbocycles. The minimum absolute atomic E-state index is 0.0219. The Bertz CT molecular complexity index is 1460. The topological polar surface area (TPSA) is 86.8 Å². The zero-order valence-electron chi connectivity index (χ0n) is 24.0. The molecule has 0 spiro atoms. The average Bonchev–Trinajstić information content (AvgIpc) is 2.94. The number of rotatable bonds is 12. The fraction of sp³-hybridized carbons (Fsp3) is 0.355. The molecule has 0 saturated heterocycles. The molecule has 0 fully saturated rings. The van der Waals surface area contributed by atoms with E-state index in [0.29, 0.717) is 6.42 Å². The number of anilines is 1. The van der Waals surface area contributed by atoms with E-state index < -0.39 is 28.5 Å². The van der Waals surface area contributed by atoms with Gasteiger partial charge in [0.15, 0.2) is 0 Å². The summed E-state index contributed by atoms with van der Waals surface area (Å²) in [6, 6.07) is 17.6. The Morgan fingerprint density at radius 1 is 0.854 bits per heavy atom. The normalized spacial score (nSPS) is 12.9. The summed E-state index contributed by atoms with van der Waals surface area (Å²) in [5.41, 5.74) is 2.95. The summed E-state index contributed by atoms with van der Waals surface area (Å²) >= 11 is 12.4. The molecule has 3 aromatic rings. The third-order valence-electron chi connectivity index (χ3n) is 6.94. The molecule has 41 heavy (non-hydrogen) atoms. The van der Waals surface area contributed by atoms with Crippen molar-refractivity contribution in [2.45, 2.75) is 71.0 Å². The van der Waals surface area contributed by atoms with Crippen molar-refractivity contribution in [3.63, 3.8) is 0 Å². The number of nitrogens with one attached hydrogen (secondary N) is 1. The van der Waals surface area contributed by atoms with Gasteiger partial charge in [-0.15, -0.1) is 0 Å². The third kappa shape index (κ3) is 8.24. The van der Waals surface area contributed by atoms with Crippen molar-refractivity contribution in [3.8, 4) is 0 Å². The zero-order chi connectivity index (χ0) is 30.3. The molecule has 0 aliphatic heterocycles. The smallest absolute Gasteiger partial charge is 0.264 e. The molecule has 220 valence electrons.